The molecule has 27 heavy (non-hydrogen) atoms. The number of hydrogen-bond acceptors (Lipinski definition) is 4. The van der Waals surface area contributed by atoms with Crippen LogP contribution < -0.4 is 11.1 Å². The minimum atomic E-state index is -2.84. The summed E-state index contributed by atoms with van der Waals surface area (Å²) in [4.78, 5) is 27.8. The smallest absolute Gasteiger partial charge is 0.262 e. The second-order valence-electron chi connectivity index (χ2n) is 6.71. The van der Waals surface area contributed by atoms with E-state index in [0.29, 0.717) is 31.2 Å². The molecule has 150 valence electrons. The van der Waals surface area contributed by atoms with Gasteiger partial charge in [0.2, 0.25) is 11.8 Å². The van der Waals surface area contributed by atoms with Gasteiger partial charge in [-0.05, 0) is 17.7 Å². The van der Waals surface area contributed by atoms with Gasteiger partial charge >= 0.3 is 0 Å². The third-order valence-corrected chi connectivity index (χ3v) is 5.11. The molecule has 2 atom stereocenters. The van der Waals surface area contributed by atoms with Gasteiger partial charge in [-0.1, -0.05) is 23.7 Å². The van der Waals surface area contributed by atoms with Crippen molar-refractivity contribution in [3.8, 4) is 0 Å². The fourth-order valence-electron chi connectivity index (χ4n) is 3.51. The largest absolute Gasteiger partial charge is 0.368 e. The van der Waals surface area contributed by atoms with E-state index in [1.54, 1.807) is 29.2 Å². The van der Waals surface area contributed by atoms with Gasteiger partial charge in [-0.3, -0.25) is 19.8 Å². The Morgan fingerprint density at radius 1 is 1.19 bits per heavy atom. The van der Waals surface area contributed by atoms with Crippen LogP contribution in [0.1, 0.15) is 18.0 Å². The molecule has 2 fully saturated rings. The number of nitrogens with two attached hydrogens (primary N) is 1. The van der Waals surface area contributed by atoms with Crippen LogP contribution >= 0.6 is 24.0 Å². The quantitative estimate of drug-likeness (QED) is 0.768. The Hall–Kier alpha value is -1.48. The number of alkyl halides is 2. The Bertz CT molecular complexity index is 682. The van der Waals surface area contributed by atoms with E-state index in [1.807, 2.05) is 4.90 Å². The minimum absolute atomic E-state index is 0. The van der Waals surface area contributed by atoms with Crippen molar-refractivity contribution in [2.75, 3.05) is 32.7 Å². The number of hydrogen-bond donors (Lipinski definition) is 2. The van der Waals surface area contributed by atoms with Crippen molar-refractivity contribution in [2.24, 2.45) is 5.73 Å². The predicted octanol–water partition coefficient (Wildman–Crippen LogP) is 1.43. The molecule has 2 aliphatic rings. The number of halogens is 4. The van der Waals surface area contributed by atoms with Crippen LogP contribution in [0.15, 0.2) is 24.3 Å². The van der Waals surface area contributed by atoms with E-state index < -0.39 is 36.9 Å². The monoisotopic (exact) mass is 422 g/mol. The van der Waals surface area contributed by atoms with Crippen molar-refractivity contribution in [1.29, 1.82) is 0 Å². The lowest BCUT2D eigenvalue weighted by molar-refractivity contribution is -0.136. The molecule has 0 radical (unpaired) electrons. The van der Waals surface area contributed by atoms with E-state index in [0.717, 1.165) is 5.56 Å². The van der Waals surface area contributed by atoms with E-state index in [1.165, 1.54) is 0 Å². The maximum atomic E-state index is 13.3. The SMILES string of the molecule is Cl.NC(=O)C(c1ccc(Cl)cc1)N1CCN(C(=O)C2CC(F)(F)CN2)CC1. The third-order valence-electron chi connectivity index (χ3n) is 4.85. The van der Waals surface area contributed by atoms with Crippen LogP contribution in [0, 0.1) is 0 Å². The lowest BCUT2D eigenvalue weighted by atomic mass is 10.0. The predicted molar refractivity (Wildman–Crippen MR) is 100 cm³/mol. The Morgan fingerprint density at radius 3 is 2.26 bits per heavy atom. The summed E-state index contributed by atoms with van der Waals surface area (Å²) in [6.45, 7) is 1.12. The first-order valence-corrected chi connectivity index (χ1v) is 8.83. The third kappa shape index (κ3) is 5.07. The lowest BCUT2D eigenvalue weighted by Crippen LogP contribution is -2.54. The number of piperazine rings is 1. The molecule has 2 heterocycles. The summed E-state index contributed by atoms with van der Waals surface area (Å²) in [6, 6.07) is 5.43. The molecule has 0 bridgehead atoms. The van der Waals surface area contributed by atoms with Crippen LogP contribution in [0.5, 0.6) is 0 Å². The van der Waals surface area contributed by atoms with E-state index in [4.69, 9.17) is 17.3 Å². The van der Waals surface area contributed by atoms with Crippen molar-refractivity contribution in [1.82, 2.24) is 15.1 Å². The van der Waals surface area contributed by atoms with Gasteiger partial charge in [0.1, 0.15) is 6.04 Å². The normalized spacial score (nSPS) is 23.5. The van der Waals surface area contributed by atoms with Gasteiger partial charge < -0.3 is 10.6 Å². The summed E-state index contributed by atoms with van der Waals surface area (Å²) in [5.41, 5.74) is 6.31. The summed E-state index contributed by atoms with van der Waals surface area (Å²) < 4.78 is 26.6. The molecular formula is C17H22Cl2F2N4O2. The Morgan fingerprint density at radius 2 is 1.78 bits per heavy atom. The van der Waals surface area contributed by atoms with Gasteiger partial charge in [0, 0.05) is 37.6 Å². The highest BCUT2D eigenvalue weighted by Gasteiger charge is 2.44. The van der Waals surface area contributed by atoms with Crippen LogP contribution in [-0.2, 0) is 9.59 Å². The molecule has 10 heteroatoms. The van der Waals surface area contributed by atoms with Crippen molar-refractivity contribution in [3.63, 3.8) is 0 Å². The average Bonchev–Trinajstić information content (AvgIpc) is 2.96. The topological polar surface area (TPSA) is 78.7 Å². The zero-order valence-corrected chi connectivity index (χ0v) is 16.1. The Kier molecular flexibility index (Phi) is 7.02. The number of nitrogens with one attached hydrogen (secondary N) is 1. The second-order valence-corrected chi connectivity index (χ2v) is 7.15. The van der Waals surface area contributed by atoms with Gasteiger partial charge in [0.25, 0.3) is 5.92 Å². The molecule has 0 saturated carbocycles. The van der Waals surface area contributed by atoms with Gasteiger partial charge in [-0.2, -0.15) is 0 Å². The van der Waals surface area contributed by atoms with Gasteiger partial charge in [-0.25, -0.2) is 8.78 Å². The van der Waals surface area contributed by atoms with Gasteiger partial charge in [-0.15, -0.1) is 12.4 Å². The van der Waals surface area contributed by atoms with E-state index in [2.05, 4.69) is 5.32 Å². The van der Waals surface area contributed by atoms with E-state index in [9.17, 15) is 18.4 Å². The number of rotatable bonds is 4. The molecule has 0 spiro atoms. The highest BCUT2D eigenvalue weighted by atomic mass is 35.5. The molecule has 2 unspecified atom stereocenters. The molecule has 3 rings (SSSR count). The molecule has 2 aliphatic heterocycles. The maximum absolute atomic E-state index is 13.3. The molecule has 0 aromatic heterocycles. The summed E-state index contributed by atoms with van der Waals surface area (Å²) in [6.07, 6.45) is -0.471. The fourth-order valence-corrected chi connectivity index (χ4v) is 3.64. The van der Waals surface area contributed by atoms with Crippen LogP contribution in [0.25, 0.3) is 0 Å². The Labute approximate surface area is 167 Å². The molecule has 6 nitrogen and oxygen atoms in total. The minimum Gasteiger partial charge on any atom is -0.368 e. The molecule has 3 N–H and O–H groups in total. The molecular weight excluding hydrogens is 401 g/mol. The van der Waals surface area contributed by atoms with Crippen LogP contribution in [0.3, 0.4) is 0 Å². The number of nitrogens with zero attached hydrogens (tertiary/aromatic N) is 2. The van der Waals surface area contributed by atoms with Crippen LogP contribution in [0.2, 0.25) is 5.02 Å². The molecule has 2 amide bonds. The lowest BCUT2D eigenvalue weighted by Gasteiger charge is -2.39. The summed E-state index contributed by atoms with van der Waals surface area (Å²) in [7, 11) is 0. The highest BCUT2D eigenvalue weighted by molar-refractivity contribution is 6.30. The molecule has 1 aromatic rings. The van der Waals surface area contributed by atoms with Crippen molar-refractivity contribution in [2.45, 2.75) is 24.4 Å². The second kappa shape index (κ2) is 8.68. The maximum Gasteiger partial charge on any atom is 0.262 e. The summed E-state index contributed by atoms with van der Waals surface area (Å²) in [5, 5.41) is 3.15. The van der Waals surface area contributed by atoms with E-state index >= 15 is 0 Å². The number of primary amides is 1. The van der Waals surface area contributed by atoms with E-state index in [-0.39, 0.29) is 18.3 Å². The number of carbonyl (C=O) groups is 2. The van der Waals surface area contributed by atoms with Gasteiger partial charge in [0.15, 0.2) is 0 Å². The first kappa shape index (κ1) is 21.8. The first-order valence-electron chi connectivity index (χ1n) is 8.46. The molecule has 2 saturated heterocycles. The number of carbonyl (C=O) groups excluding carboxylic acids is 2. The van der Waals surface area contributed by atoms with Crippen LogP contribution in [0.4, 0.5) is 8.78 Å². The zero-order valence-electron chi connectivity index (χ0n) is 14.5. The fraction of sp³-hybridized carbons (Fsp3) is 0.529. The molecule has 1 aromatic carbocycles. The Balaban J connectivity index is 0.00000261. The first-order chi connectivity index (χ1) is 12.3. The average molecular weight is 423 g/mol. The van der Waals surface area contributed by atoms with Gasteiger partial charge in [0.05, 0.1) is 12.6 Å². The zero-order chi connectivity index (χ0) is 18.9. The van der Waals surface area contributed by atoms with Crippen LogP contribution in [-0.4, -0.2) is 66.3 Å². The van der Waals surface area contributed by atoms with Crippen molar-refractivity contribution >= 4 is 35.8 Å². The van der Waals surface area contributed by atoms with Crippen molar-refractivity contribution in [3.05, 3.63) is 34.9 Å². The number of benzene rings is 1. The number of amides is 2. The van der Waals surface area contributed by atoms with Crippen molar-refractivity contribution < 1.29 is 18.4 Å². The highest BCUT2D eigenvalue weighted by Crippen LogP contribution is 2.27. The standard InChI is InChI=1S/C17H21ClF2N4O2.ClH/c18-12-3-1-11(2-4-12)14(15(21)25)23-5-7-24(8-6-23)16(26)13-9-17(19,20)10-22-13;/h1-4,13-14,22H,5-10H2,(H2,21,25);1H. The summed E-state index contributed by atoms with van der Waals surface area (Å²) in [5.74, 6) is -3.64. The summed E-state index contributed by atoms with van der Waals surface area (Å²) >= 11 is 5.88. The molecule has 0 aliphatic carbocycles.